The highest BCUT2D eigenvalue weighted by Crippen LogP contribution is 2.15. The van der Waals surface area contributed by atoms with E-state index < -0.39 is 4.92 Å². The molecule has 0 spiro atoms. The summed E-state index contributed by atoms with van der Waals surface area (Å²) in [4.78, 5) is 39.5. The van der Waals surface area contributed by atoms with Gasteiger partial charge in [-0.05, 0) is 67.4 Å². The molecule has 9 heteroatoms. The molecule has 0 saturated heterocycles. The second-order valence-corrected chi connectivity index (χ2v) is 8.20. The van der Waals surface area contributed by atoms with Crippen LogP contribution in [-0.4, -0.2) is 39.1 Å². The zero-order chi connectivity index (χ0) is 25.4. The predicted molar refractivity (Wildman–Crippen MR) is 128 cm³/mol. The van der Waals surface area contributed by atoms with Gasteiger partial charge in [0, 0.05) is 30.8 Å². The van der Waals surface area contributed by atoms with Crippen LogP contribution in [0.5, 0.6) is 0 Å². The van der Waals surface area contributed by atoms with Crippen LogP contribution in [0.15, 0.2) is 77.4 Å². The van der Waals surface area contributed by atoms with Crippen LogP contribution in [0.4, 0.5) is 10.1 Å². The number of furan rings is 1. The number of hydrogen-bond donors (Lipinski definition) is 0. The van der Waals surface area contributed by atoms with Crippen molar-refractivity contribution in [2.75, 3.05) is 6.54 Å². The number of nitro groups is 1. The zero-order valence-corrected chi connectivity index (χ0v) is 19.5. The van der Waals surface area contributed by atoms with E-state index in [9.17, 15) is 24.1 Å². The number of amides is 2. The molecule has 0 unspecified atom stereocenters. The molecule has 0 fully saturated rings. The molecule has 0 aliphatic rings. The fourth-order valence-electron chi connectivity index (χ4n) is 3.36. The van der Waals surface area contributed by atoms with E-state index in [0.717, 1.165) is 5.56 Å². The molecule has 3 rings (SSSR count). The maximum atomic E-state index is 13.3. The summed E-state index contributed by atoms with van der Waals surface area (Å²) in [7, 11) is 0. The van der Waals surface area contributed by atoms with E-state index in [2.05, 4.69) is 0 Å². The number of nitro benzene ring substituents is 1. The number of carbonyl (C=O) groups excluding carboxylic acids is 2. The molecular formula is C26H26FN3O5. The van der Waals surface area contributed by atoms with E-state index >= 15 is 0 Å². The van der Waals surface area contributed by atoms with Crippen LogP contribution >= 0.6 is 0 Å². The van der Waals surface area contributed by atoms with Crippen molar-refractivity contribution in [3.8, 4) is 0 Å². The molecule has 3 aromatic rings. The summed E-state index contributed by atoms with van der Waals surface area (Å²) in [6.07, 6.45) is 4.40. The molecule has 0 aliphatic heterocycles. The van der Waals surface area contributed by atoms with Crippen molar-refractivity contribution in [2.24, 2.45) is 0 Å². The Morgan fingerprint density at radius 2 is 1.74 bits per heavy atom. The summed E-state index contributed by atoms with van der Waals surface area (Å²) in [6, 6.07) is 14.9. The van der Waals surface area contributed by atoms with Crippen LogP contribution in [0.1, 0.15) is 30.7 Å². The highest BCUT2D eigenvalue weighted by molar-refractivity contribution is 5.94. The summed E-state index contributed by atoms with van der Waals surface area (Å²) < 4.78 is 18.7. The van der Waals surface area contributed by atoms with E-state index in [-0.39, 0.29) is 49.0 Å². The molecule has 0 N–H and O–H groups in total. The standard InChI is InChI=1S/C26H26FN3O5/c1-19(2)29(25(31)14-9-20-7-12-23(13-8-20)30(33)34)18-26(32)28(17-24-4-3-15-35-24)16-21-5-10-22(27)11-6-21/h3-15,19H,16-18H2,1-2H3/b14-9+. The smallest absolute Gasteiger partial charge is 0.269 e. The van der Waals surface area contributed by atoms with E-state index in [1.165, 1.54) is 41.5 Å². The van der Waals surface area contributed by atoms with Crippen molar-refractivity contribution in [2.45, 2.75) is 33.0 Å². The molecule has 0 aliphatic carbocycles. The van der Waals surface area contributed by atoms with Crippen molar-refractivity contribution in [3.63, 3.8) is 0 Å². The fraction of sp³-hybridized carbons (Fsp3) is 0.231. The Morgan fingerprint density at radius 1 is 1.06 bits per heavy atom. The van der Waals surface area contributed by atoms with Gasteiger partial charge in [-0.1, -0.05) is 12.1 Å². The lowest BCUT2D eigenvalue weighted by Gasteiger charge is -2.29. The van der Waals surface area contributed by atoms with Gasteiger partial charge < -0.3 is 14.2 Å². The molecule has 35 heavy (non-hydrogen) atoms. The molecule has 1 heterocycles. The zero-order valence-electron chi connectivity index (χ0n) is 19.5. The van der Waals surface area contributed by atoms with Crippen LogP contribution in [0.3, 0.4) is 0 Å². The Bertz CT molecular complexity index is 1170. The number of nitrogens with zero attached hydrogens (tertiary/aromatic N) is 3. The lowest BCUT2D eigenvalue weighted by molar-refractivity contribution is -0.384. The fourth-order valence-corrected chi connectivity index (χ4v) is 3.36. The first kappa shape index (κ1) is 25.4. The lowest BCUT2D eigenvalue weighted by Crippen LogP contribution is -2.45. The first-order chi connectivity index (χ1) is 16.7. The SMILES string of the molecule is CC(C)N(CC(=O)N(Cc1ccc(F)cc1)Cc1ccco1)C(=O)/C=C/c1ccc([N+](=O)[O-])cc1. The Morgan fingerprint density at radius 3 is 2.31 bits per heavy atom. The second-order valence-electron chi connectivity index (χ2n) is 8.20. The van der Waals surface area contributed by atoms with Crippen LogP contribution in [0.2, 0.25) is 0 Å². The Balaban J connectivity index is 1.73. The van der Waals surface area contributed by atoms with Crippen LogP contribution < -0.4 is 0 Å². The minimum Gasteiger partial charge on any atom is -0.467 e. The summed E-state index contributed by atoms with van der Waals surface area (Å²) in [5.74, 6) is -0.446. The third-order valence-electron chi connectivity index (χ3n) is 5.30. The minimum absolute atomic E-state index is 0.0410. The number of rotatable bonds is 10. The quantitative estimate of drug-likeness (QED) is 0.236. The Kier molecular flexibility index (Phi) is 8.50. The van der Waals surface area contributed by atoms with E-state index in [1.807, 2.05) is 13.8 Å². The van der Waals surface area contributed by atoms with Gasteiger partial charge in [0.05, 0.1) is 17.7 Å². The van der Waals surface area contributed by atoms with Crippen LogP contribution in [-0.2, 0) is 22.7 Å². The summed E-state index contributed by atoms with van der Waals surface area (Å²) >= 11 is 0. The Hall–Kier alpha value is -4.27. The van der Waals surface area contributed by atoms with Gasteiger partial charge in [-0.2, -0.15) is 0 Å². The third-order valence-corrected chi connectivity index (χ3v) is 5.30. The molecule has 1 aromatic heterocycles. The second kappa shape index (κ2) is 11.7. The van der Waals surface area contributed by atoms with Gasteiger partial charge in [-0.3, -0.25) is 19.7 Å². The monoisotopic (exact) mass is 479 g/mol. The van der Waals surface area contributed by atoms with Crippen molar-refractivity contribution in [3.05, 3.63) is 106 Å². The van der Waals surface area contributed by atoms with Gasteiger partial charge in [0.25, 0.3) is 5.69 Å². The number of hydrogen-bond acceptors (Lipinski definition) is 5. The molecule has 2 aromatic carbocycles. The van der Waals surface area contributed by atoms with Gasteiger partial charge in [-0.15, -0.1) is 0 Å². The first-order valence-electron chi connectivity index (χ1n) is 11.0. The van der Waals surface area contributed by atoms with Gasteiger partial charge in [0.15, 0.2) is 0 Å². The van der Waals surface area contributed by atoms with E-state index in [0.29, 0.717) is 11.3 Å². The lowest BCUT2D eigenvalue weighted by atomic mass is 10.2. The number of halogens is 1. The van der Waals surface area contributed by atoms with Crippen molar-refractivity contribution < 1.29 is 23.3 Å². The largest absolute Gasteiger partial charge is 0.467 e. The normalized spacial score (nSPS) is 11.1. The highest BCUT2D eigenvalue weighted by atomic mass is 19.1. The van der Waals surface area contributed by atoms with Crippen molar-refractivity contribution in [1.29, 1.82) is 0 Å². The Labute approximate surface area is 202 Å². The minimum atomic E-state index is -0.495. The molecule has 0 bridgehead atoms. The summed E-state index contributed by atoms with van der Waals surface area (Å²) in [5.41, 5.74) is 1.32. The van der Waals surface area contributed by atoms with Gasteiger partial charge >= 0.3 is 0 Å². The molecule has 2 amide bonds. The molecule has 0 radical (unpaired) electrons. The molecule has 0 saturated carbocycles. The van der Waals surface area contributed by atoms with Crippen molar-refractivity contribution in [1.82, 2.24) is 9.80 Å². The number of carbonyl (C=O) groups is 2. The van der Waals surface area contributed by atoms with Gasteiger partial charge in [0.1, 0.15) is 18.1 Å². The van der Waals surface area contributed by atoms with Crippen molar-refractivity contribution >= 4 is 23.6 Å². The average Bonchev–Trinajstić information content (AvgIpc) is 3.35. The van der Waals surface area contributed by atoms with E-state index in [4.69, 9.17) is 4.42 Å². The first-order valence-corrected chi connectivity index (χ1v) is 11.0. The molecule has 8 nitrogen and oxygen atoms in total. The molecular weight excluding hydrogens is 453 g/mol. The maximum absolute atomic E-state index is 13.3. The van der Waals surface area contributed by atoms with Gasteiger partial charge in [-0.25, -0.2) is 4.39 Å². The van der Waals surface area contributed by atoms with Crippen LogP contribution in [0, 0.1) is 15.9 Å². The highest BCUT2D eigenvalue weighted by Gasteiger charge is 2.23. The predicted octanol–water partition coefficient (Wildman–Crippen LogP) is 4.81. The molecule has 182 valence electrons. The third kappa shape index (κ3) is 7.36. The molecule has 0 atom stereocenters. The number of non-ortho nitro benzene ring substituents is 1. The summed E-state index contributed by atoms with van der Waals surface area (Å²) in [5, 5.41) is 10.8. The summed E-state index contributed by atoms with van der Waals surface area (Å²) in [6.45, 7) is 3.87. The topological polar surface area (TPSA) is 96.9 Å². The maximum Gasteiger partial charge on any atom is 0.269 e. The van der Waals surface area contributed by atoms with E-state index in [1.54, 1.807) is 47.4 Å². The average molecular weight is 480 g/mol. The van der Waals surface area contributed by atoms with Crippen LogP contribution in [0.25, 0.3) is 6.08 Å². The number of benzene rings is 2. The van der Waals surface area contributed by atoms with Gasteiger partial charge in [0.2, 0.25) is 11.8 Å².